The fraction of sp³-hybridized carbons (Fsp3) is 0.438. The number of aromatic nitrogens is 2. The van der Waals surface area contributed by atoms with Crippen LogP contribution in [0.4, 0.5) is 4.39 Å². The van der Waals surface area contributed by atoms with Crippen LogP contribution in [0, 0.1) is 10.8 Å². The van der Waals surface area contributed by atoms with Gasteiger partial charge in [-0.2, -0.15) is 0 Å². The Morgan fingerprint density at radius 1 is 1.36 bits per heavy atom. The Hall–Kier alpha value is -1.09. The van der Waals surface area contributed by atoms with Crippen LogP contribution in [0.3, 0.4) is 0 Å². The van der Waals surface area contributed by atoms with Crippen molar-refractivity contribution in [3.05, 3.63) is 29.3 Å². The predicted octanol–water partition coefficient (Wildman–Crippen LogP) is 4.67. The van der Waals surface area contributed by atoms with Gasteiger partial charge < -0.3 is 0 Å². The zero-order chi connectivity index (χ0) is 17.8. The third-order valence-corrected chi connectivity index (χ3v) is 6.80. The van der Waals surface area contributed by atoms with Gasteiger partial charge in [-0.05, 0) is 62.4 Å². The maximum atomic E-state index is 14.0. The van der Waals surface area contributed by atoms with Crippen LogP contribution in [0.5, 0.6) is 0 Å². The summed E-state index contributed by atoms with van der Waals surface area (Å²) < 4.78 is 19.1. The van der Waals surface area contributed by atoms with Gasteiger partial charge in [0.05, 0.1) is 16.7 Å². The van der Waals surface area contributed by atoms with Gasteiger partial charge in [-0.25, -0.2) is 9.37 Å². The number of nitrogens with zero attached hydrogens (tertiary/aromatic N) is 2. The largest absolute Gasteiger partial charge is 0.295 e. The van der Waals surface area contributed by atoms with E-state index in [1.807, 2.05) is 12.3 Å². The first-order chi connectivity index (χ1) is 11.8. The third kappa shape index (κ3) is 3.45. The molecule has 0 spiro atoms. The molecule has 5 nitrogen and oxygen atoms in total. The van der Waals surface area contributed by atoms with Gasteiger partial charge >= 0.3 is 0 Å². The predicted molar refractivity (Wildman–Crippen MR) is 102 cm³/mol. The van der Waals surface area contributed by atoms with E-state index in [1.54, 1.807) is 10.6 Å². The van der Waals surface area contributed by atoms with Crippen molar-refractivity contribution in [3.63, 3.8) is 0 Å². The molecule has 0 radical (unpaired) electrons. The number of hydrogen-bond donors (Lipinski definition) is 3. The lowest BCUT2D eigenvalue weighted by Gasteiger charge is -2.12. The number of rotatable bonds is 5. The van der Waals surface area contributed by atoms with E-state index in [0.29, 0.717) is 29.2 Å². The molecule has 0 atom stereocenters. The van der Waals surface area contributed by atoms with Crippen LogP contribution in [-0.4, -0.2) is 30.7 Å². The zero-order valence-electron chi connectivity index (χ0n) is 13.5. The molecular formula is C16H17ClFN5S2. The third-order valence-electron chi connectivity index (χ3n) is 4.49. The molecule has 25 heavy (non-hydrogen) atoms. The number of hydrogen-bond acceptors (Lipinski definition) is 6. The van der Waals surface area contributed by atoms with E-state index >= 15 is 0 Å². The van der Waals surface area contributed by atoms with Crippen LogP contribution in [0.15, 0.2) is 23.4 Å². The van der Waals surface area contributed by atoms with Gasteiger partial charge in [-0.3, -0.25) is 19.9 Å². The van der Waals surface area contributed by atoms with Gasteiger partial charge in [0.1, 0.15) is 10.1 Å². The minimum Gasteiger partial charge on any atom is -0.295 e. The molecule has 0 aliphatic heterocycles. The Morgan fingerprint density at radius 2 is 2.08 bits per heavy atom. The highest BCUT2D eigenvalue weighted by Crippen LogP contribution is 2.44. The van der Waals surface area contributed by atoms with Crippen molar-refractivity contribution >= 4 is 50.9 Å². The molecule has 4 rings (SSSR count). The second-order valence-corrected chi connectivity index (χ2v) is 9.16. The fourth-order valence-electron chi connectivity index (χ4n) is 2.30. The van der Waals surface area contributed by atoms with Crippen LogP contribution in [0.1, 0.15) is 38.4 Å². The monoisotopic (exact) mass is 397 g/mol. The van der Waals surface area contributed by atoms with Crippen molar-refractivity contribution in [2.75, 3.05) is 0 Å². The second-order valence-electron chi connectivity index (χ2n) is 6.85. The van der Waals surface area contributed by atoms with Crippen LogP contribution in [0.25, 0.3) is 5.52 Å². The summed E-state index contributed by atoms with van der Waals surface area (Å²) >= 11 is 8.68. The number of thioether (sulfide) groups is 1. The number of imidazole rings is 1. The van der Waals surface area contributed by atoms with E-state index in [0.717, 1.165) is 29.5 Å². The number of pyridine rings is 1. The Morgan fingerprint density at radius 3 is 2.72 bits per heavy atom. The molecule has 2 heterocycles. The molecule has 0 aromatic carbocycles. The molecule has 0 saturated heterocycles. The first-order valence-electron chi connectivity index (χ1n) is 7.95. The summed E-state index contributed by atoms with van der Waals surface area (Å²) in [6, 6.07) is 1.87. The summed E-state index contributed by atoms with van der Waals surface area (Å²) in [5.74, 6) is 0.371. The molecule has 2 aliphatic carbocycles. The zero-order valence-corrected chi connectivity index (χ0v) is 15.9. The van der Waals surface area contributed by atoms with E-state index in [1.165, 1.54) is 11.9 Å². The minimum atomic E-state index is -1.54. The van der Waals surface area contributed by atoms with Crippen molar-refractivity contribution in [1.82, 2.24) is 14.1 Å². The Kier molecular flexibility index (Phi) is 4.14. The molecule has 0 unspecified atom stereocenters. The Bertz CT molecular complexity index is 888. The van der Waals surface area contributed by atoms with Crippen LogP contribution < -0.4 is 4.72 Å². The summed E-state index contributed by atoms with van der Waals surface area (Å²) in [7, 11) is 0. The lowest BCUT2D eigenvalue weighted by atomic mass is 10.4. The maximum Gasteiger partial charge on any atom is 0.169 e. The second kappa shape index (κ2) is 5.97. The molecule has 2 fully saturated rings. The van der Waals surface area contributed by atoms with Crippen LogP contribution >= 0.6 is 35.3 Å². The molecule has 2 aromatic rings. The highest BCUT2D eigenvalue weighted by atomic mass is 35.5. The average molecular weight is 398 g/mol. The van der Waals surface area contributed by atoms with Gasteiger partial charge in [-0.1, -0.05) is 11.6 Å². The van der Waals surface area contributed by atoms with Gasteiger partial charge in [0.25, 0.3) is 0 Å². The summed E-state index contributed by atoms with van der Waals surface area (Å²) in [5.41, 5.74) is -0.662. The van der Waals surface area contributed by atoms with E-state index in [-0.39, 0.29) is 15.6 Å². The van der Waals surface area contributed by atoms with E-state index in [9.17, 15) is 4.39 Å². The van der Waals surface area contributed by atoms with Crippen molar-refractivity contribution in [2.45, 2.75) is 48.7 Å². The lowest BCUT2D eigenvalue weighted by molar-refractivity contribution is 0.410. The average Bonchev–Trinajstić information content (AvgIpc) is 3.44. The normalized spacial score (nSPS) is 19.8. The molecule has 2 aliphatic rings. The Balaban J connectivity index is 1.59. The lowest BCUT2D eigenvalue weighted by Crippen LogP contribution is -2.20. The van der Waals surface area contributed by atoms with Gasteiger partial charge in [0.2, 0.25) is 0 Å². The van der Waals surface area contributed by atoms with E-state index < -0.39 is 5.67 Å². The van der Waals surface area contributed by atoms with Crippen molar-refractivity contribution in [3.8, 4) is 0 Å². The highest BCUT2D eigenvalue weighted by Gasteiger charge is 2.48. The smallest absolute Gasteiger partial charge is 0.169 e. The minimum absolute atomic E-state index is 0.0502. The van der Waals surface area contributed by atoms with E-state index in [4.69, 9.17) is 22.4 Å². The van der Waals surface area contributed by atoms with Crippen molar-refractivity contribution in [1.29, 1.82) is 10.8 Å². The first-order valence-corrected chi connectivity index (χ1v) is 9.96. The first kappa shape index (κ1) is 17.3. The summed E-state index contributed by atoms with van der Waals surface area (Å²) in [6.07, 6.45) is 6.51. The Labute approximate surface area is 158 Å². The molecule has 2 aromatic heterocycles. The molecule has 2 saturated carbocycles. The molecule has 3 N–H and O–H groups in total. The quantitative estimate of drug-likeness (QED) is 0.389. The molecule has 0 bridgehead atoms. The number of alkyl halides is 1. The van der Waals surface area contributed by atoms with Gasteiger partial charge in [0.15, 0.2) is 11.5 Å². The van der Waals surface area contributed by atoms with Gasteiger partial charge in [-0.15, -0.1) is 0 Å². The van der Waals surface area contributed by atoms with Crippen molar-refractivity contribution < 1.29 is 4.39 Å². The summed E-state index contributed by atoms with van der Waals surface area (Å²) in [6.45, 7) is 2.17. The van der Waals surface area contributed by atoms with Crippen LogP contribution in [0.2, 0.25) is 5.02 Å². The molecule has 9 heteroatoms. The van der Waals surface area contributed by atoms with Crippen molar-refractivity contribution in [2.24, 2.45) is 0 Å². The van der Waals surface area contributed by atoms with Gasteiger partial charge in [0, 0.05) is 16.6 Å². The summed E-state index contributed by atoms with van der Waals surface area (Å²) in [4.78, 5) is 5.18. The fourth-order valence-corrected chi connectivity index (χ4v) is 4.36. The SMILES string of the molecule is CC1(NSc2cc(Cl)c3cnc(C(=N)SC(=N)C4(F)CC4)n3c2)CC1. The topological polar surface area (TPSA) is 77.0 Å². The van der Waals surface area contributed by atoms with Crippen LogP contribution in [-0.2, 0) is 0 Å². The molecule has 0 amide bonds. The standard InChI is InChI=1S/C16H17ClFN5S2/c1-15(2-3-15)22-25-9-6-10(17)11-7-21-13(23(11)8-9)12(19)24-14(20)16(18)4-5-16/h6-8,19-20,22H,2-5H2,1H3. The number of halogens is 2. The molecular weight excluding hydrogens is 381 g/mol. The number of fused-ring (bicyclic) bond motifs is 1. The van der Waals surface area contributed by atoms with E-state index in [2.05, 4.69) is 16.6 Å². The molecule has 132 valence electrons. The highest BCUT2D eigenvalue weighted by molar-refractivity contribution is 8.27. The number of nitrogens with one attached hydrogen (secondary N) is 3. The summed E-state index contributed by atoms with van der Waals surface area (Å²) in [5, 5.41) is 16.5. The maximum absolute atomic E-state index is 14.0.